The van der Waals surface area contributed by atoms with E-state index in [1.54, 1.807) is 39.1 Å². The van der Waals surface area contributed by atoms with Crippen molar-refractivity contribution in [1.82, 2.24) is 4.90 Å². The van der Waals surface area contributed by atoms with E-state index in [0.29, 0.717) is 15.2 Å². The van der Waals surface area contributed by atoms with Gasteiger partial charge in [0, 0.05) is 18.6 Å². The molecule has 2 unspecified atom stereocenters. The average Bonchev–Trinajstić information content (AvgIpc) is 2.40. The Morgan fingerprint density at radius 3 is 2.57 bits per heavy atom. The van der Waals surface area contributed by atoms with E-state index in [1.807, 2.05) is 0 Å². The first kappa shape index (κ1) is 17.8. The van der Waals surface area contributed by atoms with Crippen LogP contribution in [0.15, 0.2) is 22.7 Å². The molecule has 21 heavy (non-hydrogen) atoms. The van der Waals surface area contributed by atoms with E-state index in [4.69, 9.17) is 21.4 Å². The molecule has 1 N–H and O–H groups in total. The quantitative estimate of drug-likeness (QED) is 0.826. The lowest BCUT2D eigenvalue weighted by Gasteiger charge is -2.24. The van der Waals surface area contributed by atoms with Gasteiger partial charge in [0.2, 0.25) is 0 Å². The summed E-state index contributed by atoms with van der Waals surface area (Å²) in [6.45, 7) is 3.29. The monoisotopic (exact) mass is 377 g/mol. The molecule has 0 heterocycles. The number of rotatable bonds is 6. The van der Waals surface area contributed by atoms with Crippen LogP contribution in [0, 0.1) is 5.92 Å². The summed E-state index contributed by atoms with van der Waals surface area (Å²) in [6.07, 6.45) is -0.728. The minimum atomic E-state index is -0.941. The molecule has 0 aliphatic carbocycles. The number of amides is 1. The van der Waals surface area contributed by atoms with Crippen LogP contribution in [0.25, 0.3) is 0 Å². The Morgan fingerprint density at radius 2 is 2.05 bits per heavy atom. The van der Waals surface area contributed by atoms with Crippen molar-refractivity contribution in [3.63, 3.8) is 0 Å². The molecule has 116 valence electrons. The van der Waals surface area contributed by atoms with E-state index in [-0.39, 0.29) is 12.5 Å². The van der Waals surface area contributed by atoms with Gasteiger partial charge in [-0.25, -0.2) is 0 Å². The standard InChI is InChI=1S/C14H17BrClNO4/c1-8(14(19)20)7-17(3)13(18)9(2)21-12-5-4-10(16)6-11(12)15/h4-6,8-9H,7H2,1-3H3,(H,19,20). The maximum absolute atomic E-state index is 12.2. The van der Waals surface area contributed by atoms with Crippen LogP contribution in [0.3, 0.4) is 0 Å². The number of benzene rings is 1. The average molecular weight is 379 g/mol. The van der Waals surface area contributed by atoms with Gasteiger partial charge < -0.3 is 14.7 Å². The molecule has 2 atom stereocenters. The fourth-order valence-electron chi connectivity index (χ4n) is 1.70. The molecule has 0 fully saturated rings. The molecule has 0 radical (unpaired) electrons. The van der Waals surface area contributed by atoms with E-state index < -0.39 is 18.0 Å². The highest BCUT2D eigenvalue weighted by Gasteiger charge is 2.23. The molecule has 5 nitrogen and oxygen atoms in total. The minimum absolute atomic E-state index is 0.129. The molecule has 0 aliphatic rings. The fraction of sp³-hybridized carbons (Fsp3) is 0.429. The van der Waals surface area contributed by atoms with Gasteiger partial charge in [0.25, 0.3) is 5.91 Å². The van der Waals surface area contributed by atoms with Gasteiger partial charge in [-0.05, 0) is 41.1 Å². The zero-order chi connectivity index (χ0) is 16.2. The third-order valence-corrected chi connectivity index (χ3v) is 3.75. The first-order chi connectivity index (χ1) is 9.72. The smallest absolute Gasteiger partial charge is 0.308 e. The molecule has 0 aromatic heterocycles. The maximum atomic E-state index is 12.2. The molecule has 1 aromatic rings. The van der Waals surface area contributed by atoms with Crippen LogP contribution in [0.2, 0.25) is 5.02 Å². The van der Waals surface area contributed by atoms with Crippen LogP contribution in [0.5, 0.6) is 5.75 Å². The lowest BCUT2D eigenvalue weighted by molar-refractivity contribution is -0.144. The number of likely N-dealkylation sites (N-methyl/N-ethyl adjacent to an activating group) is 1. The summed E-state index contributed by atoms with van der Waals surface area (Å²) in [5.74, 6) is -1.36. The van der Waals surface area contributed by atoms with Crippen LogP contribution in [-0.4, -0.2) is 41.6 Å². The Kier molecular flexibility index (Phi) is 6.48. The number of carboxylic acids is 1. The predicted octanol–water partition coefficient (Wildman–Crippen LogP) is 3.05. The SMILES string of the molecule is CC(CN(C)C(=O)C(C)Oc1ccc(Cl)cc1Br)C(=O)O. The summed E-state index contributed by atoms with van der Waals surface area (Å²) >= 11 is 9.15. The number of carboxylic acid groups (broad SMARTS) is 1. The van der Waals surface area contributed by atoms with Crippen molar-refractivity contribution < 1.29 is 19.4 Å². The van der Waals surface area contributed by atoms with Crippen molar-refractivity contribution in [2.24, 2.45) is 5.92 Å². The van der Waals surface area contributed by atoms with Crippen molar-refractivity contribution in [2.75, 3.05) is 13.6 Å². The maximum Gasteiger partial charge on any atom is 0.308 e. The highest BCUT2D eigenvalue weighted by atomic mass is 79.9. The second kappa shape index (κ2) is 7.66. The Bertz CT molecular complexity index is 538. The molecule has 0 spiro atoms. The Hall–Kier alpha value is -1.27. The molecule has 0 saturated carbocycles. The highest BCUT2D eigenvalue weighted by molar-refractivity contribution is 9.10. The van der Waals surface area contributed by atoms with Crippen LogP contribution < -0.4 is 4.74 Å². The van der Waals surface area contributed by atoms with Crippen LogP contribution in [-0.2, 0) is 9.59 Å². The molecule has 0 aliphatic heterocycles. The summed E-state index contributed by atoms with van der Waals surface area (Å²) in [6, 6.07) is 5.00. The second-order valence-electron chi connectivity index (χ2n) is 4.79. The fourth-order valence-corrected chi connectivity index (χ4v) is 2.48. The van der Waals surface area contributed by atoms with Crippen LogP contribution >= 0.6 is 27.5 Å². The van der Waals surface area contributed by atoms with Gasteiger partial charge in [-0.1, -0.05) is 18.5 Å². The summed E-state index contributed by atoms with van der Waals surface area (Å²) in [5.41, 5.74) is 0. The molecule has 7 heteroatoms. The molecule has 1 aromatic carbocycles. The Balaban J connectivity index is 2.67. The zero-order valence-electron chi connectivity index (χ0n) is 12.0. The van der Waals surface area contributed by atoms with Crippen LogP contribution in [0.1, 0.15) is 13.8 Å². The Morgan fingerprint density at radius 1 is 1.43 bits per heavy atom. The largest absolute Gasteiger partial charge is 0.481 e. The summed E-state index contributed by atoms with van der Waals surface area (Å²) in [7, 11) is 1.55. The van der Waals surface area contributed by atoms with E-state index in [9.17, 15) is 9.59 Å². The van der Waals surface area contributed by atoms with E-state index >= 15 is 0 Å². The number of nitrogens with zero attached hydrogens (tertiary/aromatic N) is 1. The minimum Gasteiger partial charge on any atom is -0.481 e. The molecule has 1 amide bonds. The number of ether oxygens (including phenoxy) is 1. The van der Waals surface area contributed by atoms with Crippen molar-refractivity contribution in [1.29, 1.82) is 0 Å². The third kappa shape index (κ3) is 5.21. The van der Waals surface area contributed by atoms with Gasteiger partial charge in [0.1, 0.15) is 5.75 Å². The van der Waals surface area contributed by atoms with Gasteiger partial charge >= 0.3 is 5.97 Å². The van der Waals surface area contributed by atoms with Gasteiger partial charge in [-0.3, -0.25) is 9.59 Å². The number of aliphatic carboxylic acids is 1. The van der Waals surface area contributed by atoms with E-state index in [1.165, 1.54) is 4.90 Å². The normalized spacial score (nSPS) is 13.4. The lowest BCUT2D eigenvalue weighted by Crippen LogP contribution is -2.41. The third-order valence-electron chi connectivity index (χ3n) is 2.89. The van der Waals surface area contributed by atoms with E-state index in [0.717, 1.165) is 0 Å². The lowest BCUT2D eigenvalue weighted by atomic mass is 10.1. The van der Waals surface area contributed by atoms with Crippen molar-refractivity contribution in [2.45, 2.75) is 20.0 Å². The summed E-state index contributed by atoms with van der Waals surface area (Å²) in [5, 5.41) is 9.42. The number of carbonyl (C=O) groups excluding carboxylic acids is 1. The molecule has 0 saturated heterocycles. The molecule has 0 bridgehead atoms. The molecular formula is C14H17BrClNO4. The van der Waals surface area contributed by atoms with Crippen LogP contribution in [0.4, 0.5) is 0 Å². The Labute approximate surface area is 137 Å². The highest BCUT2D eigenvalue weighted by Crippen LogP contribution is 2.28. The second-order valence-corrected chi connectivity index (χ2v) is 6.08. The number of carbonyl (C=O) groups is 2. The van der Waals surface area contributed by atoms with Gasteiger partial charge in [-0.15, -0.1) is 0 Å². The van der Waals surface area contributed by atoms with Crippen molar-refractivity contribution in [3.8, 4) is 5.75 Å². The van der Waals surface area contributed by atoms with Gasteiger partial charge in [0.05, 0.1) is 10.4 Å². The zero-order valence-corrected chi connectivity index (χ0v) is 14.3. The molecular weight excluding hydrogens is 362 g/mol. The molecule has 1 rings (SSSR count). The predicted molar refractivity (Wildman–Crippen MR) is 83.7 cm³/mol. The van der Waals surface area contributed by atoms with Gasteiger partial charge in [-0.2, -0.15) is 0 Å². The van der Waals surface area contributed by atoms with Gasteiger partial charge in [0.15, 0.2) is 6.10 Å². The first-order valence-electron chi connectivity index (χ1n) is 6.32. The summed E-state index contributed by atoms with van der Waals surface area (Å²) < 4.78 is 6.23. The van der Waals surface area contributed by atoms with Crippen molar-refractivity contribution in [3.05, 3.63) is 27.7 Å². The first-order valence-corrected chi connectivity index (χ1v) is 7.49. The number of hydrogen-bond acceptors (Lipinski definition) is 3. The summed E-state index contributed by atoms with van der Waals surface area (Å²) in [4.78, 5) is 24.3. The van der Waals surface area contributed by atoms with Crippen molar-refractivity contribution >= 4 is 39.4 Å². The number of hydrogen-bond donors (Lipinski definition) is 1. The topological polar surface area (TPSA) is 66.8 Å². The van der Waals surface area contributed by atoms with E-state index in [2.05, 4.69) is 15.9 Å². The number of halogens is 2.